The van der Waals surface area contributed by atoms with Gasteiger partial charge < -0.3 is 11.1 Å². The summed E-state index contributed by atoms with van der Waals surface area (Å²) in [5.41, 5.74) is 7.30. The second-order valence-electron chi connectivity index (χ2n) is 4.71. The molecule has 0 aliphatic carbocycles. The molecular weight excluding hydrogens is 283 g/mol. The molecule has 3 N–H and O–H groups in total. The van der Waals surface area contributed by atoms with Crippen molar-refractivity contribution in [2.24, 2.45) is 5.73 Å². The molecule has 0 bridgehead atoms. The van der Waals surface area contributed by atoms with Gasteiger partial charge in [-0.1, -0.05) is 48.6 Å². The molecule has 21 heavy (non-hydrogen) atoms. The zero-order valence-corrected chi connectivity index (χ0v) is 12.0. The SMILES string of the molecule is NC(=S)c1ccc(Nc2cccc3ccccc23)cc1F. The molecule has 0 aromatic heterocycles. The molecule has 0 saturated heterocycles. The molecular formula is C17H13FN2S. The van der Waals surface area contributed by atoms with E-state index in [9.17, 15) is 4.39 Å². The van der Waals surface area contributed by atoms with E-state index in [1.54, 1.807) is 12.1 Å². The highest BCUT2D eigenvalue weighted by atomic mass is 32.1. The van der Waals surface area contributed by atoms with Crippen molar-refractivity contribution in [3.63, 3.8) is 0 Å². The second kappa shape index (κ2) is 5.50. The summed E-state index contributed by atoms with van der Waals surface area (Å²) in [6.45, 7) is 0. The average molecular weight is 296 g/mol. The Labute approximate surface area is 127 Å². The Morgan fingerprint density at radius 2 is 1.76 bits per heavy atom. The standard InChI is InChI=1S/C17H13FN2S/c18-15-10-12(8-9-14(15)17(19)21)20-16-7-3-5-11-4-1-2-6-13(11)16/h1-10,20H,(H2,19,21). The van der Waals surface area contributed by atoms with Crippen molar-refractivity contribution in [1.29, 1.82) is 0 Å². The largest absolute Gasteiger partial charge is 0.389 e. The predicted octanol–water partition coefficient (Wildman–Crippen LogP) is 4.36. The lowest BCUT2D eigenvalue weighted by molar-refractivity contribution is 0.626. The van der Waals surface area contributed by atoms with Gasteiger partial charge in [0.15, 0.2) is 0 Å². The van der Waals surface area contributed by atoms with E-state index in [1.807, 2.05) is 42.5 Å². The number of fused-ring (bicyclic) bond motifs is 1. The summed E-state index contributed by atoms with van der Waals surface area (Å²) in [7, 11) is 0. The number of hydrogen-bond acceptors (Lipinski definition) is 2. The van der Waals surface area contributed by atoms with Crippen molar-refractivity contribution in [1.82, 2.24) is 0 Å². The molecule has 0 aliphatic heterocycles. The zero-order valence-electron chi connectivity index (χ0n) is 11.1. The van der Waals surface area contributed by atoms with Crippen LogP contribution >= 0.6 is 12.2 Å². The molecule has 104 valence electrons. The van der Waals surface area contributed by atoms with Crippen molar-refractivity contribution in [3.8, 4) is 0 Å². The van der Waals surface area contributed by atoms with Gasteiger partial charge in [-0.2, -0.15) is 0 Å². The summed E-state index contributed by atoms with van der Waals surface area (Å²) in [4.78, 5) is 0.0595. The first-order valence-corrected chi connectivity index (χ1v) is 6.90. The molecule has 0 spiro atoms. The van der Waals surface area contributed by atoms with Gasteiger partial charge in [-0.25, -0.2) is 4.39 Å². The molecule has 0 aliphatic rings. The first-order chi connectivity index (χ1) is 10.1. The van der Waals surface area contributed by atoms with Crippen LogP contribution in [-0.4, -0.2) is 4.99 Å². The fourth-order valence-corrected chi connectivity index (χ4v) is 2.45. The maximum Gasteiger partial charge on any atom is 0.135 e. The Balaban J connectivity index is 1.99. The number of hydrogen-bond donors (Lipinski definition) is 2. The molecule has 0 atom stereocenters. The van der Waals surface area contributed by atoms with Crippen LogP contribution in [0.1, 0.15) is 5.56 Å². The molecule has 0 radical (unpaired) electrons. The normalized spacial score (nSPS) is 10.5. The minimum absolute atomic E-state index is 0.0595. The molecule has 2 nitrogen and oxygen atoms in total. The van der Waals surface area contributed by atoms with Crippen LogP contribution in [0.5, 0.6) is 0 Å². The van der Waals surface area contributed by atoms with Gasteiger partial charge in [0.1, 0.15) is 10.8 Å². The van der Waals surface area contributed by atoms with Gasteiger partial charge in [0.25, 0.3) is 0 Å². The maximum atomic E-state index is 13.9. The Kier molecular flexibility index (Phi) is 3.54. The fraction of sp³-hybridized carbons (Fsp3) is 0. The van der Waals surface area contributed by atoms with Gasteiger partial charge >= 0.3 is 0 Å². The van der Waals surface area contributed by atoms with Crippen LogP contribution in [0, 0.1) is 5.82 Å². The molecule has 4 heteroatoms. The van der Waals surface area contributed by atoms with Crippen molar-refractivity contribution in [2.45, 2.75) is 0 Å². The zero-order chi connectivity index (χ0) is 14.8. The second-order valence-corrected chi connectivity index (χ2v) is 5.15. The molecule has 0 saturated carbocycles. The van der Waals surface area contributed by atoms with E-state index in [4.69, 9.17) is 18.0 Å². The Morgan fingerprint density at radius 3 is 2.52 bits per heavy atom. The van der Waals surface area contributed by atoms with Gasteiger partial charge in [0, 0.05) is 22.3 Å². The first kappa shape index (κ1) is 13.5. The van der Waals surface area contributed by atoms with Crippen LogP contribution in [0.2, 0.25) is 0 Å². The number of anilines is 2. The Morgan fingerprint density at radius 1 is 1.00 bits per heavy atom. The minimum atomic E-state index is -0.423. The summed E-state index contributed by atoms with van der Waals surface area (Å²) >= 11 is 4.80. The highest BCUT2D eigenvalue weighted by molar-refractivity contribution is 7.80. The van der Waals surface area contributed by atoms with Crippen LogP contribution < -0.4 is 11.1 Å². The average Bonchev–Trinajstić information content (AvgIpc) is 2.47. The number of rotatable bonds is 3. The third kappa shape index (κ3) is 2.71. The monoisotopic (exact) mass is 296 g/mol. The van der Waals surface area contributed by atoms with E-state index >= 15 is 0 Å². The fourth-order valence-electron chi connectivity index (χ4n) is 2.28. The molecule has 3 aromatic carbocycles. The molecule has 0 heterocycles. The summed E-state index contributed by atoms with van der Waals surface area (Å²) in [6, 6.07) is 18.7. The van der Waals surface area contributed by atoms with Crippen molar-refractivity contribution in [3.05, 3.63) is 72.0 Å². The van der Waals surface area contributed by atoms with Gasteiger partial charge in [-0.15, -0.1) is 0 Å². The van der Waals surface area contributed by atoms with Crippen LogP contribution in [0.15, 0.2) is 60.7 Å². The van der Waals surface area contributed by atoms with Crippen molar-refractivity contribution < 1.29 is 4.39 Å². The Bertz CT molecular complexity index is 825. The highest BCUT2D eigenvalue weighted by Crippen LogP contribution is 2.27. The minimum Gasteiger partial charge on any atom is -0.389 e. The van der Waals surface area contributed by atoms with Crippen molar-refractivity contribution >= 4 is 39.4 Å². The van der Waals surface area contributed by atoms with Gasteiger partial charge in [0.05, 0.1) is 0 Å². The van der Waals surface area contributed by atoms with E-state index in [0.29, 0.717) is 5.69 Å². The lowest BCUT2D eigenvalue weighted by Gasteiger charge is -2.11. The van der Waals surface area contributed by atoms with Crippen LogP contribution in [0.25, 0.3) is 10.8 Å². The first-order valence-electron chi connectivity index (χ1n) is 6.49. The number of thiocarbonyl (C=S) groups is 1. The Hall–Kier alpha value is -2.46. The van der Waals surface area contributed by atoms with Crippen LogP contribution in [0.4, 0.5) is 15.8 Å². The van der Waals surface area contributed by atoms with E-state index in [2.05, 4.69) is 5.32 Å². The summed E-state index contributed by atoms with van der Waals surface area (Å²) in [6.07, 6.45) is 0. The van der Waals surface area contributed by atoms with E-state index in [1.165, 1.54) is 6.07 Å². The van der Waals surface area contributed by atoms with Crippen LogP contribution in [-0.2, 0) is 0 Å². The van der Waals surface area contributed by atoms with E-state index < -0.39 is 5.82 Å². The third-order valence-corrected chi connectivity index (χ3v) is 3.52. The highest BCUT2D eigenvalue weighted by Gasteiger charge is 2.07. The predicted molar refractivity (Wildman–Crippen MR) is 89.5 cm³/mol. The molecule has 0 fully saturated rings. The molecule has 0 amide bonds. The smallest absolute Gasteiger partial charge is 0.135 e. The number of nitrogens with two attached hydrogens (primary N) is 1. The summed E-state index contributed by atoms with van der Waals surface area (Å²) in [5.74, 6) is -0.423. The van der Waals surface area contributed by atoms with Crippen molar-refractivity contribution in [2.75, 3.05) is 5.32 Å². The quantitative estimate of drug-likeness (QED) is 0.705. The number of benzene rings is 3. The number of nitrogens with one attached hydrogen (secondary N) is 1. The lowest BCUT2D eigenvalue weighted by Crippen LogP contribution is -2.11. The summed E-state index contributed by atoms with van der Waals surface area (Å²) < 4.78 is 13.9. The lowest BCUT2D eigenvalue weighted by atomic mass is 10.1. The third-order valence-electron chi connectivity index (χ3n) is 3.30. The van der Waals surface area contributed by atoms with Gasteiger partial charge in [0.2, 0.25) is 0 Å². The van der Waals surface area contributed by atoms with E-state index in [-0.39, 0.29) is 10.6 Å². The van der Waals surface area contributed by atoms with Crippen LogP contribution in [0.3, 0.4) is 0 Å². The summed E-state index contributed by atoms with van der Waals surface area (Å²) in [5, 5.41) is 5.44. The van der Waals surface area contributed by atoms with Gasteiger partial charge in [-0.05, 0) is 29.7 Å². The number of halogens is 1. The topological polar surface area (TPSA) is 38.0 Å². The van der Waals surface area contributed by atoms with Gasteiger partial charge in [-0.3, -0.25) is 0 Å². The van der Waals surface area contributed by atoms with E-state index in [0.717, 1.165) is 16.5 Å². The molecule has 3 rings (SSSR count). The molecule has 3 aromatic rings. The maximum absolute atomic E-state index is 13.9. The molecule has 0 unspecified atom stereocenters.